The van der Waals surface area contributed by atoms with E-state index in [1.165, 1.54) is 10.7 Å². The molecule has 0 bridgehead atoms. The zero-order valence-electron chi connectivity index (χ0n) is 20.8. The third-order valence-corrected chi connectivity index (χ3v) is 6.61. The molecule has 0 aliphatic carbocycles. The number of hydrogen-bond acceptors (Lipinski definition) is 5. The first-order chi connectivity index (χ1) is 16.6. The molecule has 1 aliphatic heterocycles. The van der Waals surface area contributed by atoms with E-state index in [2.05, 4.69) is 5.10 Å². The molecule has 2 heterocycles. The first-order valence-electron chi connectivity index (χ1n) is 12.1. The highest BCUT2D eigenvalue weighted by Gasteiger charge is 2.46. The summed E-state index contributed by atoms with van der Waals surface area (Å²) in [6.07, 6.45) is 0.509. The van der Waals surface area contributed by atoms with Crippen LogP contribution in [0.4, 0.5) is 4.79 Å². The number of aliphatic hydroxyl groups is 1. The Hall–Kier alpha value is -3.45. The fourth-order valence-corrected chi connectivity index (χ4v) is 4.83. The summed E-state index contributed by atoms with van der Waals surface area (Å²) in [5, 5.41) is 15.0. The molecule has 2 atom stereocenters. The van der Waals surface area contributed by atoms with Crippen LogP contribution < -0.4 is 5.56 Å². The molecule has 1 unspecified atom stereocenters. The van der Waals surface area contributed by atoms with Gasteiger partial charge in [0, 0.05) is 37.6 Å². The quantitative estimate of drug-likeness (QED) is 0.526. The van der Waals surface area contributed by atoms with Crippen molar-refractivity contribution in [2.75, 3.05) is 6.54 Å². The third kappa shape index (κ3) is 5.30. The van der Waals surface area contributed by atoms with Gasteiger partial charge in [-0.05, 0) is 44.9 Å². The lowest BCUT2D eigenvalue weighted by atomic mass is 9.80. The average molecular weight is 476 g/mol. The first-order valence-corrected chi connectivity index (χ1v) is 12.1. The SMILES string of the molecule is CCn1nc(-c2ccc([C@H](C)N3CCC(CC(C)(C)O)(c4ccccc4)OC3=O)cc2)ccc1=O. The summed E-state index contributed by atoms with van der Waals surface area (Å²) in [6, 6.07) is 20.6. The van der Waals surface area contributed by atoms with Crippen LogP contribution in [0.25, 0.3) is 11.3 Å². The maximum atomic E-state index is 13.3. The predicted octanol–water partition coefficient (Wildman–Crippen LogP) is 4.89. The zero-order chi connectivity index (χ0) is 25.2. The highest BCUT2D eigenvalue weighted by molar-refractivity contribution is 5.70. The van der Waals surface area contributed by atoms with Gasteiger partial charge in [0.2, 0.25) is 0 Å². The Morgan fingerprint density at radius 3 is 2.34 bits per heavy atom. The summed E-state index contributed by atoms with van der Waals surface area (Å²) in [5.41, 5.74) is 1.51. The van der Waals surface area contributed by atoms with E-state index >= 15 is 0 Å². The second-order valence-electron chi connectivity index (χ2n) is 9.83. The summed E-state index contributed by atoms with van der Waals surface area (Å²) in [4.78, 5) is 26.8. The molecular formula is C28H33N3O4. The Kier molecular flexibility index (Phi) is 6.81. The third-order valence-electron chi connectivity index (χ3n) is 6.61. The van der Waals surface area contributed by atoms with Crippen LogP contribution in [-0.2, 0) is 16.9 Å². The van der Waals surface area contributed by atoms with Crippen molar-refractivity contribution in [1.82, 2.24) is 14.7 Å². The van der Waals surface area contributed by atoms with Gasteiger partial charge in [0.1, 0.15) is 5.60 Å². The van der Waals surface area contributed by atoms with Gasteiger partial charge >= 0.3 is 6.09 Å². The van der Waals surface area contributed by atoms with Crippen molar-refractivity contribution in [1.29, 1.82) is 0 Å². The summed E-state index contributed by atoms with van der Waals surface area (Å²) >= 11 is 0. The number of hydrogen-bond donors (Lipinski definition) is 1. The normalized spacial score (nSPS) is 19.3. The van der Waals surface area contributed by atoms with Crippen LogP contribution >= 0.6 is 0 Å². The van der Waals surface area contributed by atoms with E-state index in [0.717, 1.165) is 22.4 Å². The standard InChI is InChI=1S/C28H33N3O4/c1-5-31-25(32)16-15-24(29-31)22-13-11-21(12-14-22)20(2)30-18-17-28(35-26(30)33,19-27(3,4)34)23-9-7-6-8-10-23/h6-16,20,34H,5,17-19H2,1-4H3/t20-,28?/m0/s1. The van der Waals surface area contributed by atoms with Crippen LogP contribution in [0.3, 0.4) is 0 Å². The van der Waals surface area contributed by atoms with Gasteiger partial charge < -0.3 is 14.7 Å². The monoisotopic (exact) mass is 475 g/mol. The van der Waals surface area contributed by atoms with Crippen molar-refractivity contribution < 1.29 is 14.6 Å². The number of carbonyl (C=O) groups is 1. The van der Waals surface area contributed by atoms with Gasteiger partial charge in [0.05, 0.1) is 17.3 Å². The summed E-state index contributed by atoms with van der Waals surface area (Å²) < 4.78 is 7.54. The van der Waals surface area contributed by atoms with Gasteiger partial charge in [0.15, 0.2) is 0 Å². The van der Waals surface area contributed by atoms with Crippen molar-refractivity contribution in [2.24, 2.45) is 0 Å². The van der Waals surface area contributed by atoms with Crippen LogP contribution in [0.1, 0.15) is 57.7 Å². The number of amides is 1. The maximum Gasteiger partial charge on any atom is 0.411 e. The van der Waals surface area contributed by atoms with E-state index < -0.39 is 17.3 Å². The van der Waals surface area contributed by atoms with Gasteiger partial charge in [-0.1, -0.05) is 54.6 Å². The molecule has 4 rings (SSSR count). The number of cyclic esters (lactones) is 1. The Bertz CT molecular complexity index is 1230. The highest BCUT2D eigenvalue weighted by atomic mass is 16.6. The lowest BCUT2D eigenvalue weighted by molar-refractivity contribution is -0.101. The molecule has 184 valence electrons. The molecule has 3 aromatic rings. The summed E-state index contributed by atoms with van der Waals surface area (Å²) in [7, 11) is 0. The number of benzene rings is 2. The molecule has 1 aliphatic rings. The van der Waals surface area contributed by atoms with Gasteiger partial charge in [-0.15, -0.1) is 0 Å². The summed E-state index contributed by atoms with van der Waals surface area (Å²) in [5.74, 6) is 0. The average Bonchev–Trinajstić information content (AvgIpc) is 2.84. The number of ether oxygens (including phenoxy) is 1. The largest absolute Gasteiger partial charge is 0.438 e. The molecular weight excluding hydrogens is 442 g/mol. The van der Waals surface area contributed by atoms with E-state index in [-0.39, 0.29) is 11.6 Å². The minimum atomic E-state index is -0.992. The van der Waals surface area contributed by atoms with Crippen LogP contribution in [0.5, 0.6) is 0 Å². The minimum Gasteiger partial charge on any atom is -0.438 e. The predicted molar refractivity (Wildman–Crippen MR) is 135 cm³/mol. The fourth-order valence-electron chi connectivity index (χ4n) is 4.83. The second kappa shape index (κ2) is 9.66. The van der Waals surface area contributed by atoms with E-state index in [9.17, 15) is 14.7 Å². The lowest BCUT2D eigenvalue weighted by Gasteiger charge is -2.45. The number of aryl methyl sites for hydroxylation is 1. The number of rotatable bonds is 7. The van der Waals surface area contributed by atoms with Crippen molar-refractivity contribution in [3.05, 3.63) is 88.2 Å². The van der Waals surface area contributed by atoms with Gasteiger partial charge in [0.25, 0.3) is 5.56 Å². The maximum absolute atomic E-state index is 13.3. The molecule has 7 nitrogen and oxygen atoms in total. The molecule has 0 saturated carbocycles. The Balaban J connectivity index is 1.54. The zero-order valence-corrected chi connectivity index (χ0v) is 20.8. The minimum absolute atomic E-state index is 0.124. The number of carbonyl (C=O) groups excluding carboxylic acids is 1. The van der Waals surface area contributed by atoms with Crippen LogP contribution in [0, 0.1) is 0 Å². The van der Waals surface area contributed by atoms with Crippen molar-refractivity contribution >= 4 is 6.09 Å². The Morgan fingerprint density at radius 2 is 1.74 bits per heavy atom. The van der Waals surface area contributed by atoms with E-state index in [1.807, 2.05) is 68.4 Å². The number of nitrogens with zero attached hydrogens (tertiary/aromatic N) is 3. The topological polar surface area (TPSA) is 84.7 Å². The molecule has 7 heteroatoms. The van der Waals surface area contributed by atoms with Crippen molar-refractivity contribution in [3.8, 4) is 11.3 Å². The van der Waals surface area contributed by atoms with Gasteiger partial charge in [-0.3, -0.25) is 4.79 Å². The van der Waals surface area contributed by atoms with Gasteiger partial charge in [-0.25, -0.2) is 9.48 Å². The van der Waals surface area contributed by atoms with Crippen LogP contribution in [0.15, 0.2) is 71.5 Å². The molecule has 35 heavy (non-hydrogen) atoms. The molecule has 1 aromatic heterocycles. The van der Waals surface area contributed by atoms with Gasteiger partial charge in [-0.2, -0.15) is 5.10 Å². The Morgan fingerprint density at radius 1 is 1.06 bits per heavy atom. The molecule has 1 amide bonds. The molecule has 1 saturated heterocycles. The van der Waals surface area contributed by atoms with Crippen molar-refractivity contribution in [3.63, 3.8) is 0 Å². The van der Waals surface area contributed by atoms with E-state index in [1.54, 1.807) is 24.8 Å². The van der Waals surface area contributed by atoms with Crippen LogP contribution in [0.2, 0.25) is 0 Å². The first kappa shape index (κ1) is 24.7. The summed E-state index contributed by atoms with van der Waals surface area (Å²) in [6.45, 7) is 8.37. The second-order valence-corrected chi connectivity index (χ2v) is 9.83. The highest BCUT2D eigenvalue weighted by Crippen LogP contribution is 2.42. The molecule has 1 N–H and O–H groups in total. The van der Waals surface area contributed by atoms with Crippen LogP contribution in [-0.4, -0.2) is 38.0 Å². The Labute approximate surface area is 206 Å². The lowest BCUT2D eigenvalue weighted by Crippen LogP contribution is -2.51. The van der Waals surface area contributed by atoms with E-state index in [4.69, 9.17) is 4.74 Å². The fraction of sp³-hybridized carbons (Fsp3) is 0.393. The molecule has 1 fully saturated rings. The molecule has 0 spiro atoms. The van der Waals surface area contributed by atoms with Crippen molar-refractivity contribution in [2.45, 2.75) is 64.3 Å². The van der Waals surface area contributed by atoms with E-state index in [0.29, 0.717) is 25.9 Å². The number of aromatic nitrogens is 2. The molecule has 0 radical (unpaired) electrons. The molecule has 2 aromatic carbocycles. The smallest absolute Gasteiger partial charge is 0.411 e.